The Bertz CT molecular complexity index is 860. The summed E-state index contributed by atoms with van der Waals surface area (Å²) < 4.78 is 11.3. The second kappa shape index (κ2) is 6.96. The fourth-order valence-corrected chi connectivity index (χ4v) is 2.70. The third-order valence-electron chi connectivity index (χ3n) is 4.32. The van der Waals surface area contributed by atoms with Crippen molar-refractivity contribution < 1.29 is 14.3 Å². The molecule has 1 aliphatic rings. The molecule has 1 aliphatic heterocycles. The molecular formula is C18H21N3O4. The van der Waals surface area contributed by atoms with Crippen LogP contribution in [0, 0.1) is 13.8 Å². The number of hydrogen-bond donors (Lipinski definition) is 2. The van der Waals surface area contributed by atoms with Crippen molar-refractivity contribution in [1.29, 1.82) is 0 Å². The lowest BCUT2D eigenvalue weighted by molar-refractivity contribution is 0.0937. The number of hydrogen-bond acceptors (Lipinski definition) is 5. The van der Waals surface area contributed by atoms with Gasteiger partial charge in [-0.1, -0.05) is 6.07 Å². The topological polar surface area (TPSA) is 93.3 Å². The Labute approximate surface area is 145 Å². The Balaban J connectivity index is 1.82. The Morgan fingerprint density at radius 2 is 1.96 bits per heavy atom. The van der Waals surface area contributed by atoms with Crippen LogP contribution >= 0.6 is 0 Å². The van der Waals surface area contributed by atoms with Gasteiger partial charge in [-0.05, 0) is 44.0 Å². The normalized spacial score (nSPS) is 14.5. The summed E-state index contributed by atoms with van der Waals surface area (Å²) in [5.74, 6) is 0.950. The number of carbonyl (C=O) groups is 1. The molecule has 132 valence electrons. The molecule has 0 bridgehead atoms. The van der Waals surface area contributed by atoms with Gasteiger partial charge >= 0.3 is 0 Å². The predicted octanol–water partition coefficient (Wildman–Crippen LogP) is 2.04. The number of ether oxygens (including phenoxy) is 2. The van der Waals surface area contributed by atoms with Gasteiger partial charge in [0.05, 0.1) is 24.9 Å². The molecule has 2 heterocycles. The van der Waals surface area contributed by atoms with Crippen LogP contribution in [-0.4, -0.2) is 29.3 Å². The maximum Gasteiger partial charge on any atom is 0.277 e. The lowest BCUT2D eigenvalue weighted by Crippen LogP contribution is -2.33. The van der Waals surface area contributed by atoms with E-state index < -0.39 is 11.5 Å². The molecule has 7 heteroatoms. The molecule has 0 saturated carbocycles. The maximum atomic E-state index is 12.6. The average Bonchev–Trinajstić information content (AvgIpc) is 2.83. The second-order valence-corrected chi connectivity index (χ2v) is 6.09. The molecule has 0 radical (unpaired) electrons. The number of amides is 1. The van der Waals surface area contributed by atoms with Crippen molar-refractivity contribution in [1.82, 2.24) is 15.5 Å². The molecule has 1 aromatic carbocycles. The monoisotopic (exact) mass is 343 g/mol. The van der Waals surface area contributed by atoms with E-state index in [1.54, 1.807) is 13.8 Å². The molecule has 1 unspecified atom stereocenters. The number of benzene rings is 1. The molecule has 3 rings (SSSR count). The Kier molecular flexibility index (Phi) is 4.74. The number of fused-ring (bicyclic) bond motifs is 1. The van der Waals surface area contributed by atoms with Crippen LogP contribution in [0.2, 0.25) is 0 Å². The number of carbonyl (C=O) groups excluding carboxylic acids is 1. The third kappa shape index (κ3) is 3.50. The largest absolute Gasteiger partial charge is 0.490 e. The molecule has 2 N–H and O–H groups in total. The van der Waals surface area contributed by atoms with Gasteiger partial charge in [0.2, 0.25) is 0 Å². The highest BCUT2D eigenvalue weighted by atomic mass is 16.5. The molecule has 2 aromatic rings. The number of H-pyrrole nitrogens is 1. The van der Waals surface area contributed by atoms with Gasteiger partial charge in [0, 0.05) is 6.42 Å². The van der Waals surface area contributed by atoms with Crippen LogP contribution in [0.3, 0.4) is 0 Å². The highest BCUT2D eigenvalue weighted by Crippen LogP contribution is 2.32. The summed E-state index contributed by atoms with van der Waals surface area (Å²) in [7, 11) is 0. The standard InChI is InChI=1S/C18H21N3O4/c1-10-11(2)20-21-18(23)16(10)17(22)19-12(3)13-5-6-14-15(9-13)25-8-4-7-24-14/h5-6,9,12H,4,7-8H2,1-3H3,(H,19,22)(H,21,23). The van der Waals surface area contributed by atoms with Crippen LogP contribution in [0.1, 0.15) is 46.6 Å². The molecule has 1 aromatic heterocycles. The molecule has 1 atom stereocenters. The summed E-state index contributed by atoms with van der Waals surface area (Å²) in [6.07, 6.45) is 0.833. The van der Waals surface area contributed by atoms with Crippen molar-refractivity contribution in [3.05, 3.63) is 50.9 Å². The highest BCUT2D eigenvalue weighted by molar-refractivity contribution is 5.95. The lowest BCUT2D eigenvalue weighted by Gasteiger charge is -2.17. The lowest BCUT2D eigenvalue weighted by atomic mass is 10.1. The Morgan fingerprint density at radius 3 is 2.72 bits per heavy atom. The van der Waals surface area contributed by atoms with Crippen molar-refractivity contribution in [3.63, 3.8) is 0 Å². The molecule has 1 amide bonds. The van der Waals surface area contributed by atoms with Crippen LogP contribution in [0.5, 0.6) is 11.5 Å². The van der Waals surface area contributed by atoms with Crippen molar-refractivity contribution in [3.8, 4) is 11.5 Å². The molecule has 0 fully saturated rings. The molecule has 25 heavy (non-hydrogen) atoms. The first-order valence-corrected chi connectivity index (χ1v) is 8.23. The van der Waals surface area contributed by atoms with E-state index in [0.717, 1.165) is 12.0 Å². The highest BCUT2D eigenvalue weighted by Gasteiger charge is 2.20. The predicted molar refractivity (Wildman–Crippen MR) is 92.3 cm³/mol. The van der Waals surface area contributed by atoms with Gasteiger partial charge in [0.1, 0.15) is 5.56 Å². The fraction of sp³-hybridized carbons (Fsp3) is 0.389. The number of rotatable bonds is 3. The molecular weight excluding hydrogens is 322 g/mol. The van der Waals surface area contributed by atoms with Gasteiger partial charge in [-0.3, -0.25) is 9.59 Å². The number of aryl methyl sites for hydroxylation is 1. The van der Waals surface area contributed by atoms with Crippen LogP contribution < -0.4 is 20.3 Å². The zero-order valence-electron chi connectivity index (χ0n) is 14.5. The zero-order chi connectivity index (χ0) is 18.0. The van der Waals surface area contributed by atoms with Gasteiger partial charge in [-0.2, -0.15) is 5.10 Å². The molecule has 0 aliphatic carbocycles. The quantitative estimate of drug-likeness (QED) is 0.889. The van der Waals surface area contributed by atoms with E-state index >= 15 is 0 Å². The summed E-state index contributed by atoms with van der Waals surface area (Å²) in [6, 6.07) is 5.29. The van der Waals surface area contributed by atoms with E-state index in [0.29, 0.717) is 36.0 Å². The minimum absolute atomic E-state index is 0.0914. The van der Waals surface area contributed by atoms with E-state index in [1.807, 2.05) is 25.1 Å². The average molecular weight is 343 g/mol. The van der Waals surface area contributed by atoms with E-state index in [9.17, 15) is 9.59 Å². The van der Waals surface area contributed by atoms with Crippen LogP contribution in [0.25, 0.3) is 0 Å². The number of nitrogens with zero attached hydrogens (tertiary/aromatic N) is 1. The van der Waals surface area contributed by atoms with Crippen molar-refractivity contribution in [2.75, 3.05) is 13.2 Å². The number of aromatic nitrogens is 2. The molecule has 0 spiro atoms. The first-order chi connectivity index (χ1) is 12.0. The van der Waals surface area contributed by atoms with Crippen molar-refractivity contribution in [2.24, 2.45) is 0 Å². The molecule has 7 nitrogen and oxygen atoms in total. The third-order valence-corrected chi connectivity index (χ3v) is 4.32. The molecule has 0 saturated heterocycles. The van der Waals surface area contributed by atoms with Gasteiger partial charge in [0.25, 0.3) is 11.5 Å². The smallest absolute Gasteiger partial charge is 0.277 e. The van der Waals surface area contributed by atoms with E-state index in [2.05, 4.69) is 15.5 Å². The summed E-state index contributed by atoms with van der Waals surface area (Å²) >= 11 is 0. The summed E-state index contributed by atoms with van der Waals surface area (Å²) in [6.45, 7) is 6.54. The summed E-state index contributed by atoms with van der Waals surface area (Å²) in [5, 5.41) is 9.08. The Hall–Kier alpha value is -2.83. The van der Waals surface area contributed by atoms with Crippen LogP contribution in [0.4, 0.5) is 0 Å². The minimum Gasteiger partial charge on any atom is -0.490 e. The van der Waals surface area contributed by atoms with Crippen LogP contribution in [-0.2, 0) is 0 Å². The van der Waals surface area contributed by atoms with E-state index in [4.69, 9.17) is 9.47 Å². The summed E-state index contributed by atoms with van der Waals surface area (Å²) in [4.78, 5) is 24.5. The number of aromatic amines is 1. The van der Waals surface area contributed by atoms with Gasteiger partial charge in [0.15, 0.2) is 11.5 Å². The maximum absolute atomic E-state index is 12.6. The van der Waals surface area contributed by atoms with E-state index in [-0.39, 0.29) is 11.6 Å². The van der Waals surface area contributed by atoms with E-state index in [1.165, 1.54) is 0 Å². The van der Waals surface area contributed by atoms with Crippen LogP contribution in [0.15, 0.2) is 23.0 Å². The minimum atomic E-state index is -0.494. The second-order valence-electron chi connectivity index (χ2n) is 6.09. The van der Waals surface area contributed by atoms with Gasteiger partial charge in [-0.15, -0.1) is 0 Å². The Morgan fingerprint density at radius 1 is 1.24 bits per heavy atom. The van der Waals surface area contributed by atoms with Crippen molar-refractivity contribution >= 4 is 5.91 Å². The SMILES string of the molecule is Cc1n[nH]c(=O)c(C(=O)NC(C)c2ccc3c(c2)OCCCO3)c1C. The van der Waals surface area contributed by atoms with Gasteiger partial charge in [-0.25, -0.2) is 5.10 Å². The fourth-order valence-electron chi connectivity index (χ4n) is 2.70. The zero-order valence-corrected chi connectivity index (χ0v) is 14.5. The first-order valence-electron chi connectivity index (χ1n) is 8.23. The van der Waals surface area contributed by atoms with Crippen molar-refractivity contribution in [2.45, 2.75) is 33.2 Å². The first kappa shape index (κ1) is 17.0. The summed E-state index contributed by atoms with van der Waals surface area (Å²) in [5.41, 5.74) is 1.66. The number of nitrogens with one attached hydrogen (secondary N) is 2. The van der Waals surface area contributed by atoms with Gasteiger partial charge < -0.3 is 14.8 Å².